The number of carbonyl (C=O) groups is 1. The van der Waals surface area contributed by atoms with E-state index < -0.39 is 11.7 Å². The fourth-order valence-electron chi connectivity index (χ4n) is 6.61. The number of halogens is 3. The van der Waals surface area contributed by atoms with Crippen LogP contribution in [0.3, 0.4) is 0 Å². The van der Waals surface area contributed by atoms with Crippen molar-refractivity contribution in [1.29, 1.82) is 0 Å². The monoisotopic (exact) mass is 580 g/mol. The van der Waals surface area contributed by atoms with Crippen molar-refractivity contribution in [2.75, 3.05) is 26.9 Å². The Morgan fingerprint density at radius 1 is 1.00 bits per heavy atom. The second kappa shape index (κ2) is 12.0. The maximum absolute atomic E-state index is 14.2. The van der Waals surface area contributed by atoms with Gasteiger partial charge in [0.1, 0.15) is 18.1 Å². The molecule has 0 saturated carbocycles. The molecule has 3 aliphatic rings. The summed E-state index contributed by atoms with van der Waals surface area (Å²) in [6, 6.07) is 16.0. The normalized spacial score (nSPS) is 21.1. The summed E-state index contributed by atoms with van der Waals surface area (Å²) in [6.45, 7) is 1.64. The summed E-state index contributed by atoms with van der Waals surface area (Å²) in [7, 11) is 1.38. The first-order valence-electron chi connectivity index (χ1n) is 14.7. The van der Waals surface area contributed by atoms with Gasteiger partial charge >= 0.3 is 12.1 Å². The number of fused-ring (bicyclic) bond motifs is 2. The number of esters is 1. The van der Waals surface area contributed by atoms with Gasteiger partial charge in [0.2, 0.25) is 0 Å². The maximum Gasteiger partial charge on any atom is 0.417 e. The van der Waals surface area contributed by atoms with Crippen LogP contribution < -0.4 is 9.47 Å². The van der Waals surface area contributed by atoms with Gasteiger partial charge in [-0.3, -0.25) is 4.79 Å². The number of hydrogen-bond donors (Lipinski definition) is 0. The van der Waals surface area contributed by atoms with Crippen molar-refractivity contribution >= 4 is 5.97 Å². The highest BCUT2D eigenvalue weighted by atomic mass is 19.4. The highest BCUT2D eigenvalue weighted by Gasteiger charge is 2.37. The third-order valence-electron chi connectivity index (χ3n) is 8.82. The summed E-state index contributed by atoms with van der Waals surface area (Å²) in [5, 5.41) is 0. The lowest BCUT2D eigenvalue weighted by Crippen LogP contribution is -2.16. The Labute approximate surface area is 243 Å². The number of benzene rings is 3. The van der Waals surface area contributed by atoms with E-state index in [0.717, 1.165) is 66.7 Å². The highest BCUT2D eigenvalue weighted by molar-refractivity contribution is 5.75. The molecule has 0 unspecified atom stereocenters. The molecule has 2 heterocycles. The largest absolute Gasteiger partial charge is 0.493 e. The standard InChI is InChI=1S/C34H35F3O5/c1-39-32(38)18-24-19-42-31-17-21(5-12-28(24)31)4-6-22-9-13-29-27(22)14-15-30(34(35,36)37)33(29)23-7-10-25(11-8-23)41-20-26-3-2-16-40-26/h5,7-8,10-12,14-15,17,22,24,26H,2-4,6,9,13,16,18-20H2,1H3/t22-,24-,26-/m1/s1. The Kier molecular flexibility index (Phi) is 8.17. The Morgan fingerprint density at radius 3 is 2.55 bits per heavy atom. The van der Waals surface area contributed by atoms with Crippen LogP contribution in [0.2, 0.25) is 0 Å². The number of methoxy groups -OCH3 is 1. The number of rotatable bonds is 9. The molecule has 0 radical (unpaired) electrons. The van der Waals surface area contributed by atoms with E-state index in [1.54, 1.807) is 30.3 Å². The Hall–Kier alpha value is -3.52. The molecule has 8 heteroatoms. The molecule has 3 atom stereocenters. The van der Waals surface area contributed by atoms with E-state index in [0.29, 0.717) is 30.9 Å². The van der Waals surface area contributed by atoms with Gasteiger partial charge in [-0.05, 0) is 96.5 Å². The van der Waals surface area contributed by atoms with E-state index in [9.17, 15) is 18.0 Å². The summed E-state index contributed by atoms with van der Waals surface area (Å²) in [6.07, 6.45) is 0.934. The molecule has 3 aromatic carbocycles. The number of alkyl halides is 3. The van der Waals surface area contributed by atoms with Crippen molar-refractivity contribution in [1.82, 2.24) is 0 Å². The predicted molar refractivity (Wildman–Crippen MR) is 152 cm³/mol. The lowest BCUT2D eigenvalue weighted by Gasteiger charge is -2.19. The van der Waals surface area contributed by atoms with Crippen LogP contribution >= 0.6 is 0 Å². The molecule has 0 spiro atoms. The Morgan fingerprint density at radius 2 is 1.81 bits per heavy atom. The minimum absolute atomic E-state index is 0.00796. The number of ether oxygens (including phenoxy) is 4. The predicted octanol–water partition coefficient (Wildman–Crippen LogP) is 7.63. The molecule has 0 amide bonds. The van der Waals surface area contributed by atoms with Gasteiger partial charge in [0.25, 0.3) is 0 Å². The fourth-order valence-corrected chi connectivity index (χ4v) is 6.61. The van der Waals surface area contributed by atoms with Crippen LogP contribution in [0.25, 0.3) is 11.1 Å². The molecular weight excluding hydrogens is 545 g/mol. The minimum atomic E-state index is -4.45. The van der Waals surface area contributed by atoms with Gasteiger partial charge in [-0.25, -0.2) is 0 Å². The summed E-state index contributed by atoms with van der Waals surface area (Å²) >= 11 is 0. The lowest BCUT2D eigenvalue weighted by atomic mass is 9.88. The molecular formula is C34H35F3O5. The van der Waals surface area contributed by atoms with Crippen molar-refractivity contribution in [3.05, 3.63) is 82.4 Å². The number of aryl methyl sites for hydroxylation is 1. The Balaban J connectivity index is 1.18. The molecule has 42 heavy (non-hydrogen) atoms. The van der Waals surface area contributed by atoms with E-state index in [4.69, 9.17) is 18.9 Å². The van der Waals surface area contributed by atoms with Crippen molar-refractivity contribution in [3.8, 4) is 22.6 Å². The topological polar surface area (TPSA) is 54.0 Å². The molecule has 0 bridgehead atoms. The van der Waals surface area contributed by atoms with E-state index in [1.165, 1.54) is 13.2 Å². The zero-order valence-corrected chi connectivity index (χ0v) is 23.7. The molecule has 1 saturated heterocycles. The van der Waals surface area contributed by atoms with Crippen molar-refractivity contribution < 1.29 is 36.9 Å². The molecule has 2 aliphatic heterocycles. The van der Waals surface area contributed by atoms with Crippen molar-refractivity contribution in [3.63, 3.8) is 0 Å². The van der Waals surface area contributed by atoms with E-state index >= 15 is 0 Å². The van der Waals surface area contributed by atoms with Crippen LogP contribution in [0.15, 0.2) is 54.6 Å². The lowest BCUT2D eigenvalue weighted by molar-refractivity contribution is -0.141. The third-order valence-corrected chi connectivity index (χ3v) is 8.82. The van der Waals surface area contributed by atoms with Gasteiger partial charge < -0.3 is 18.9 Å². The Bertz CT molecular complexity index is 1430. The van der Waals surface area contributed by atoms with E-state index in [2.05, 4.69) is 6.07 Å². The van der Waals surface area contributed by atoms with Gasteiger partial charge in [-0.2, -0.15) is 13.2 Å². The van der Waals surface area contributed by atoms with Gasteiger partial charge in [0, 0.05) is 18.1 Å². The molecule has 0 N–H and O–H groups in total. The van der Waals surface area contributed by atoms with Gasteiger partial charge in [0.15, 0.2) is 0 Å². The molecule has 6 rings (SSSR count). The van der Waals surface area contributed by atoms with Crippen LogP contribution in [0, 0.1) is 0 Å². The molecule has 5 nitrogen and oxygen atoms in total. The molecule has 1 aliphatic carbocycles. The highest BCUT2D eigenvalue weighted by Crippen LogP contribution is 2.47. The quantitative estimate of drug-likeness (QED) is 0.244. The average molecular weight is 581 g/mol. The fraction of sp³-hybridized carbons (Fsp3) is 0.441. The van der Waals surface area contributed by atoms with Crippen LogP contribution in [0.1, 0.15) is 71.8 Å². The molecule has 222 valence electrons. The first-order chi connectivity index (χ1) is 20.3. The van der Waals surface area contributed by atoms with Gasteiger partial charge in [-0.15, -0.1) is 0 Å². The van der Waals surface area contributed by atoms with E-state index in [1.807, 2.05) is 12.1 Å². The summed E-state index contributed by atoms with van der Waals surface area (Å²) in [5.74, 6) is 1.34. The first kappa shape index (κ1) is 28.6. The summed E-state index contributed by atoms with van der Waals surface area (Å²) in [4.78, 5) is 11.7. The van der Waals surface area contributed by atoms with Crippen LogP contribution in [0.5, 0.6) is 11.5 Å². The second-order valence-electron chi connectivity index (χ2n) is 11.5. The summed E-state index contributed by atoms with van der Waals surface area (Å²) < 4.78 is 64.7. The zero-order valence-electron chi connectivity index (χ0n) is 23.7. The SMILES string of the molecule is COC(=O)C[C@@H]1COc2cc(CC[C@@H]3CCc4c3ccc(C(F)(F)F)c4-c3ccc(OC[C@H]4CCCO4)cc3)ccc21. The molecule has 1 fully saturated rings. The zero-order chi connectivity index (χ0) is 29.3. The van der Waals surface area contributed by atoms with Gasteiger partial charge in [0.05, 0.1) is 31.8 Å². The van der Waals surface area contributed by atoms with Crippen LogP contribution in [0.4, 0.5) is 13.2 Å². The van der Waals surface area contributed by atoms with Crippen molar-refractivity contribution in [2.45, 2.75) is 69.1 Å². The first-order valence-corrected chi connectivity index (χ1v) is 14.7. The van der Waals surface area contributed by atoms with E-state index in [-0.39, 0.29) is 35.9 Å². The molecule has 3 aromatic rings. The number of carbonyl (C=O) groups excluding carboxylic acids is 1. The van der Waals surface area contributed by atoms with Crippen LogP contribution in [-0.2, 0) is 33.3 Å². The van der Waals surface area contributed by atoms with Crippen molar-refractivity contribution in [2.24, 2.45) is 0 Å². The summed E-state index contributed by atoms with van der Waals surface area (Å²) in [5.41, 5.74) is 4.19. The smallest absolute Gasteiger partial charge is 0.417 e. The second-order valence-corrected chi connectivity index (χ2v) is 11.5. The number of hydrogen-bond acceptors (Lipinski definition) is 5. The van der Waals surface area contributed by atoms with Crippen LogP contribution in [-0.4, -0.2) is 39.0 Å². The maximum atomic E-state index is 14.2. The third kappa shape index (κ3) is 6.00. The average Bonchev–Trinajstić information content (AvgIpc) is 3.75. The molecule has 0 aromatic heterocycles. The minimum Gasteiger partial charge on any atom is -0.493 e. The van der Waals surface area contributed by atoms with Gasteiger partial charge in [-0.1, -0.05) is 30.3 Å².